The smallest absolute Gasteiger partial charge is 0.138 e. The molecule has 0 bridgehead atoms. The Bertz CT molecular complexity index is 1240. The second kappa shape index (κ2) is 8.04. The topological polar surface area (TPSA) is 37.3 Å². The molecule has 1 N–H and O–H groups in total. The number of ketones is 1. The minimum absolute atomic E-state index is 0.0766. The van der Waals surface area contributed by atoms with E-state index in [9.17, 15) is 9.90 Å². The lowest BCUT2D eigenvalue weighted by Gasteiger charge is -2.32. The number of benzene rings is 4. The van der Waals surface area contributed by atoms with Crippen LogP contribution < -0.4 is 0 Å². The Balaban J connectivity index is 2.05. The fraction of sp³-hybridized carbons (Fsp3) is 0.250. The number of hydrogen-bond donors (Lipinski definition) is 1. The molecule has 2 nitrogen and oxygen atoms in total. The predicted molar refractivity (Wildman–Crippen MR) is 125 cm³/mol. The molecule has 0 heterocycles. The molecule has 30 heavy (non-hydrogen) atoms. The Hall–Kier alpha value is -2.97. The van der Waals surface area contributed by atoms with Gasteiger partial charge in [-0.05, 0) is 71.5 Å². The second-order valence-corrected chi connectivity index (χ2v) is 8.39. The lowest BCUT2D eigenvalue weighted by atomic mass is 9.72. The normalized spacial score (nSPS) is 14.6. The van der Waals surface area contributed by atoms with Crippen LogP contribution in [0.25, 0.3) is 21.5 Å². The summed E-state index contributed by atoms with van der Waals surface area (Å²) in [6.45, 7) is 7.60. The molecule has 4 rings (SSSR count). The SMILES string of the molecule is CC(=O)C(c1c(C)ccc2ccccc12)C(c1c(C)ccc2ccccc12)C(C)O. The first-order chi connectivity index (χ1) is 14.4. The summed E-state index contributed by atoms with van der Waals surface area (Å²) in [5.74, 6) is -0.689. The van der Waals surface area contributed by atoms with Crippen LogP contribution in [0.4, 0.5) is 0 Å². The number of aryl methyl sites for hydroxylation is 2. The molecule has 0 spiro atoms. The monoisotopic (exact) mass is 396 g/mol. The highest BCUT2D eigenvalue weighted by Gasteiger charge is 2.35. The molecule has 0 aromatic heterocycles. The van der Waals surface area contributed by atoms with Gasteiger partial charge in [0.2, 0.25) is 0 Å². The molecule has 0 radical (unpaired) electrons. The fourth-order valence-electron chi connectivity index (χ4n) is 4.99. The van der Waals surface area contributed by atoms with E-state index < -0.39 is 12.0 Å². The molecule has 0 aliphatic rings. The summed E-state index contributed by atoms with van der Waals surface area (Å²) in [5, 5.41) is 15.5. The van der Waals surface area contributed by atoms with Crippen LogP contribution in [0.5, 0.6) is 0 Å². The number of carbonyl (C=O) groups is 1. The molecule has 0 saturated heterocycles. The Morgan fingerprint density at radius 1 is 0.733 bits per heavy atom. The van der Waals surface area contributed by atoms with E-state index >= 15 is 0 Å². The Morgan fingerprint density at radius 3 is 1.70 bits per heavy atom. The summed E-state index contributed by atoms with van der Waals surface area (Å²) >= 11 is 0. The zero-order valence-electron chi connectivity index (χ0n) is 18.0. The average Bonchev–Trinajstić information content (AvgIpc) is 2.73. The quantitative estimate of drug-likeness (QED) is 0.421. The summed E-state index contributed by atoms with van der Waals surface area (Å²) in [4.78, 5) is 13.2. The molecule has 3 atom stereocenters. The van der Waals surface area contributed by atoms with Crippen molar-refractivity contribution in [2.75, 3.05) is 0 Å². The van der Waals surface area contributed by atoms with Gasteiger partial charge in [-0.1, -0.05) is 72.8 Å². The molecule has 4 aromatic rings. The van der Waals surface area contributed by atoms with Crippen molar-refractivity contribution < 1.29 is 9.90 Å². The van der Waals surface area contributed by atoms with Crippen LogP contribution in [0.3, 0.4) is 0 Å². The molecule has 0 aliphatic heterocycles. The standard InChI is InChI=1S/C28H28O2/c1-17-13-15-21-9-5-7-11-23(21)25(17)27(19(3)29)28(20(4)30)26-18(2)14-16-22-10-6-8-12-24(22)26/h5-16,19,27-29H,1-4H3. The van der Waals surface area contributed by atoms with Crippen molar-refractivity contribution in [1.29, 1.82) is 0 Å². The summed E-state index contributed by atoms with van der Waals surface area (Å²) < 4.78 is 0. The predicted octanol–water partition coefficient (Wildman–Crippen LogP) is 6.45. The highest BCUT2D eigenvalue weighted by atomic mass is 16.3. The van der Waals surface area contributed by atoms with E-state index in [-0.39, 0.29) is 11.7 Å². The van der Waals surface area contributed by atoms with Gasteiger partial charge < -0.3 is 5.11 Å². The zero-order valence-corrected chi connectivity index (χ0v) is 18.0. The van der Waals surface area contributed by atoms with Crippen LogP contribution in [0.15, 0.2) is 72.8 Å². The summed E-state index contributed by atoms with van der Waals surface area (Å²) in [6.07, 6.45) is -0.679. The van der Waals surface area contributed by atoms with Crippen molar-refractivity contribution in [3.8, 4) is 0 Å². The van der Waals surface area contributed by atoms with E-state index in [0.29, 0.717) is 0 Å². The van der Waals surface area contributed by atoms with Gasteiger partial charge in [0.1, 0.15) is 5.78 Å². The third kappa shape index (κ3) is 3.42. The fourth-order valence-corrected chi connectivity index (χ4v) is 4.99. The minimum Gasteiger partial charge on any atom is -0.393 e. The highest BCUT2D eigenvalue weighted by Crippen LogP contribution is 2.44. The molecule has 0 amide bonds. The zero-order chi connectivity index (χ0) is 21.4. The number of fused-ring (bicyclic) bond motifs is 2. The average molecular weight is 397 g/mol. The Morgan fingerprint density at radius 2 is 1.20 bits per heavy atom. The molecule has 3 unspecified atom stereocenters. The highest BCUT2D eigenvalue weighted by molar-refractivity contribution is 5.96. The van der Waals surface area contributed by atoms with Crippen molar-refractivity contribution in [2.45, 2.75) is 45.6 Å². The van der Waals surface area contributed by atoms with E-state index in [1.807, 2.05) is 31.2 Å². The van der Waals surface area contributed by atoms with E-state index in [1.165, 1.54) is 0 Å². The van der Waals surface area contributed by atoms with Crippen molar-refractivity contribution in [3.63, 3.8) is 0 Å². The third-order valence-electron chi connectivity index (χ3n) is 6.34. The number of hydrogen-bond acceptors (Lipinski definition) is 2. The summed E-state index contributed by atoms with van der Waals surface area (Å²) in [6, 6.07) is 24.8. The number of aliphatic hydroxyl groups is 1. The molecule has 0 saturated carbocycles. The van der Waals surface area contributed by atoms with Crippen LogP contribution in [-0.2, 0) is 4.79 Å². The number of aliphatic hydroxyl groups excluding tert-OH is 1. The van der Waals surface area contributed by atoms with E-state index in [2.05, 4.69) is 62.4 Å². The van der Waals surface area contributed by atoms with Crippen molar-refractivity contribution in [2.24, 2.45) is 0 Å². The molecular formula is C28H28O2. The van der Waals surface area contributed by atoms with Crippen molar-refractivity contribution in [1.82, 2.24) is 0 Å². The van der Waals surface area contributed by atoms with E-state index in [1.54, 1.807) is 6.92 Å². The van der Waals surface area contributed by atoms with Gasteiger partial charge in [0, 0.05) is 5.92 Å². The first-order valence-corrected chi connectivity index (χ1v) is 10.5. The molecular weight excluding hydrogens is 368 g/mol. The van der Waals surface area contributed by atoms with Crippen molar-refractivity contribution >= 4 is 27.3 Å². The first-order valence-electron chi connectivity index (χ1n) is 10.5. The van der Waals surface area contributed by atoms with Crippen LogP contribution in [-0.4, -0.2) is 17.0 Å². The first kappa shape index (κ1) is 20.3. The number of carbonyl (C=O) groups excluding carboxylic acids is 1. The minimum atomic E-state index is -0.679. The molecule has 152 valence electrons. The molecule has 0 aliphatic carbocycles. The van der Waals surface area contributed by atoms with E-state index in [0.717, 1.165) is 43.8 Å². The Labute approximate surface area is 178 Å². The van der Waals surface area contributed by atoms with Crippen LogP contribution in [0.2, 0.25) is 0 Å². The van der Waals surface area contributed by atoms with Crippen LogP contribution in [0, 0.1) is 13.8 Å². The van der Waals surface area contributed by atoms with Gasteiger partial charge >= 0.3 is 0 Å². The molecule has 4 aromatic carbocycles. The maximum Gasteiger partial charge on any atom is 0.138 e. The lowest BCUT2D eigenvalue weighted by molar-refractivity contribution is -0.119. The van der Waals surface area contributed by atoms with E-state index in [4.69, 9.17) is 0 Å². The van der Waals surface area contributed by atoms with Gasteiger partial charge in [-0.25, -0.2) is 0 Å². The van der Waals surface area contributed by atoms with Gasteiger partial charge in [0.15, 0.2) is 0 Å². The number of rotatable bonds is 5. The van der Waals surface area contributed by atoms with Gasteiger partial charge in [0.05, 0.1) is 12.0 Å². The van der Waals surface area contributed by atoms with Gasteiger partial charge in [-0.15, -0.1) is 0 Å². The summed E-state index contributed by atoms with van der Waals surface area (Å²) in [5.41, 5.74) is 4.27. The number of Topliss-reactive ketones (excluding diaryl/α,β-unsaturated/α-hetero) is 1. The maximum absolute atomic E-state index is 13.2. The lowest BCUT2D eigenvalue weighted by Crippen LogP contribution is -2.28. The maximum atomic E-state index is 13.2. The van der Waals surface area contributed by atoms with Gasteiger partial charge in [0.25, 0.3) is 0 Å². The van der Waals surface area contributed by atoms with Crippen LogP contribution >= 0.6 is 0 Å². The second-order valence-electron chi connectivity index (χ2n) is 8.39. The third-order valence-corrected chi connectivity index (χ3v) is 6.34. The van der Waals surface area contributed by atoms with Crippen molar-refractivity contribution in [3.05, 3.63) is 95.1 Å². The summed E-state index contributed by atoms with van der Waals surface area (Å²) in [7, 11) is 0. The van der Waals surface area contributed by atoms with Crippen LogP contribution in [0.1, 0.15) is 47.9 Å². The molecule has 2 heteroatoms. The van der Waals surface area contributed by atoms with Gasteiger partial charge in [-0.3, -0.25) is 4.79 Å². The van der Waals surface area contributed by atoms with Gasteiger partial charge in [-0.2, -0.15) is 0 Å². The largest absolute Gasteiger partial charge is 0.393 e. The Kier molecular flexibility index (Phi) is 5.44. The molecule has 0 fully saturated rings.